The molecule has 2 N–H and O–H groups in total. The summed E-state index contributed by atoms with van der Waals surface area (Å²) in [5.41, 5.74) is 1.65. The van der Waals surface area contributed by atoms with E-state index in [1.165, 1.54) is 4.90 Å². The minimum atomic E-state index is -0.361. The van der Waals surface area contributed by atoms with E-state index in [9.17, 15) is 9.59 Å². The first kappa shape index (κ1) is 18.0. The number of benzene rings is 1. The lowest BCUT2D eigenvalue weighted by Gasteiger charge is -2.16. The molecule has 2 heterocycles. The van der Waals surface area contributed by atoms with Gasteiger partial charge in [-0.15, -0.1) is 5.10 Å². The Bertz CT molecular complexity index is 948. The van der Waals surface area contributed by atoms with Gasteiger partial charge in [-0.25, -0.2) is 0 Å². The van der Waals surface area contributed by atoms with Crippen LogP contribution in [0.25, 0.3) is 6.08 Å². The number of nitrogens with one attached hydrogen (secondary N) is 2. The summed E-state index contributed by atoms with van der Waals surface area (Å²) in [7, 11) is 3.11. The molecule has 0 unspecified atom stereocenters. The number of methoxy groups -OCH3 is 2. The Kier molecular flexibility index (Phi) is 4.72. The van der Waals surface area contributed by atoms with Crippen LogP contribution in [0.15, 0.2) is 18.3 Å². The maximum absolute atomic E-state index is 12.6. The first-order chi connectivity index (χ1) is 13.6. The van der Waals surface area contributed by atoms with Gasteiger partial charge in [0.15, 0.2) is 11.5 Å². The van der Waals surface area contributed by atoms with E-state index in [1.807, 2.05) is 6.07 Å². The molecule has 0 bridgehead atoms. The van der Waals surface area contributed by atoms with Crippen LogP contribution in [0.3, 0.4) is 0 Å². The maximum Gasteiger partial charge on any atom is 0.248 e. The van der Waals surface area contributed by atoms with Gasteiger partial charge in [0.2, 0.25) is 17.8 Å². The van der Waals surface area contributed by atoms with Gasteiger partial charge in [-0.2, -0.15) is 4.98 Å². The van der Waals surface area contributed by atoms with Crippen molar-refractivity contribution in [2.45, 2.75) is 25.2 Å². The smallest absolute Gasteiger partial charge is 0.248 e. The van der Waals surface area contributed by atoms with Crippen molar-refractivity contribution in [2.24, 2.45) is 0 Å². The number of hydrogen-bond donors (Lipinski definition) is 2. The largest absolute Gasteiger partial charge is 0.493 e. The fourth-order valence-electron chi connectivity index (χ4n) is 3.09. The van der Waals surface area contributed by atoms with Crippen LogP contribution in [0.5, 0.6) is 11.5 Å². The van der Waals surface area contributed by atoms with E-state index in [0.717, 1.165) is 29.8 Å². The number of carbonyl (C=O) groups excluding carboxylic acids is 2. The highest BCUT2D eigenvalue weighted by Gasteiger charge is 2.27. The van der Waals surface area contributed by atoms with Gasteiger partial charge in [0, 0.05) is 12.1 Å². The predicted octanol–water partition coefficient (Wildman–Crippen LogP) is 1.69. The van der Waals surface area contributed by atoms with Crippen molar-refractivity contribution in [1.29, 1.82) is 0 Å². The van der Waals surface area contributed by atoms with Gasteiger partial charge in [0.25, 0.3) is 0 Å². The van der Waals surface area contributed by atoms with Gasteiger partial charge in [-0.05, 0) is 42.2 Å². The highest BCUT2D eigenvalue weighted by Crippen LogP contribution is 2.38. The normalized spacial score (nSPS) is 15.8. The summed E-state index contributed by atoms with van der Waals surface area (Å²) in [6, 6.07) is 3.60. The number of carbonyl (C=O) groups is 2. The molecule has 1 aliphatic heterocycles. The molecule has 1 aromatic carbocycles. The van der Waals surface area contributed by atoms with Gasteiger partial charge < -0.3 is 14.4 Å². The Morgan fingerprint density at radius 1 is 1.29 bits per heavy atom. The zero-order chi connectivity index (χ0) is 19.7. The van der Waals surface area contributed by atoms with E-state index in [-0.39, 0.29) is 30.7 Å². The highest BCUT2D eigenvalue weighted by molar-refractivity contribution is 5.94. The number of amides is 2. The Hall–Kier alpha value is -3.36. The lowest BCUT2D eigenvalue weighted by molar-refractivity contribution is -0.131. The second kappa shape index (κ2) is 7.34. The van der Waals surface area contributed by atoms with E-state index in [2.05, 4.69) is 20.5 Å². The molecule has 9 nitrogen and oxygen atoms in total. The van der Waals surface area contributed by atoms with Gasteiger partial charge >= 0.3 is 0 Å². The van der Waals surface area contributed by atoms with Crippen LogP contribution >= 0.6 is 0 Å². The lowest BCUT2D eigenvalue weighted by atomic mass is 10.0. The van der Waals surface area contributed by atoms with Crippen molar-refractivity contribution in [2.75, 3.05) is 26.1 Å². The average molecular weight is 383 g/mol. The lowest BCUT2D eigenvalue weighted by Crippen LogP contribution is -2.34. The molecule has 2 amide bonds. The number of rotatable bonds is 6. The Morgan fingerprint density at radius 3 is 2.75 bits per heavy atom. The van der Waals surface area contributed by atoms with E-state index >= 15 is 0 Å². The van der Waals surface area contributed by atoms with E-state index < -0.39 is 0 Å². The van der Waals surface area contributed by atoms with Gasteiger partial charge in [0.1, 0.15) is 12.4 Å². The molecular formula is C19H21N5O4. The van der Waals surface area contributed by atoms with E-state index in [4.69, 9.17) is 9.47 Å². The molecule has 4 rings (SSSR count). The number of aromatic amines is 1. The zero-order valence-electron chi connectivity index (χ0n) is 15.7. The number of nitrogens with zero attached hydrogens (tertiary/aromatic N) is 3. The van der Waals surface area contributed by atoms with Crippen molar-refractivity contribution in [3.63, 3.8) is 0 Å². The summed E-state index contributed by atoms with van der Waals surface area (Å²) in [6.07, 6.45) is 5.72. The van der Waals surface area contributed by atoms with Crippen LogP contribution < -0.4 is 14.8 Å². The van der Waals surface area contributed by atoms with Crippen LogP contribution in [0.2, 0.25) is 0 Å². The summed E-state index contributed by atoms with van der Waals surface area (Å²) < 4.78 is 10.6. The molecule has 9 heteroatoms. The van der Waals surface area contributed by atoms with E-state index in [1.54, 1.807) is 32.6 Å². The summed E-state index contributed by atoms with van der Waals surface area (Å²) >= 11 is 0. The van der Waals surface area contributed by atoms with Crippen molar-refractivity contribution in [3.05, 3.63) is 35.3 Å². The SMILES string of the molecule is COc1cc2c(cc1OC)CC(=O)N(CC(=O)Nc1n[nH]c(C3CC3)n1)C=C2. The molecule has 0 atom stereocenters. The molecule has 1 aromatic heterocycles. The Labute approximate surface area is 161 Å². The molecule has 2 aromatic rings. The summed E-state index contributed by atoms with van der Waals surface area (Å²) in [6.45, 7) is -0.120. The van der Waals surface area contributed by atoms with Crippen molar-refractivity contribution >= 4 is 23.8 Å². The van der Waals surface area contributed by atoms with Crippen LogP contribution in [-0.2, 0) is 16.0 Å². The van der Waals surface area contributed by atoms with Crippen LogP contribution in [0, 0.1) is 0 Å². The van der Waals surface area contributed by atoms with Crippen LogP contribution in [0.1, 0.15) is 35.7 Å². The third-order valence-electron chi connectivity index (χ3n) is 4.77. The molecule has 1 fully saturated rings. The van der Waals surface area contributed by atoms with E-state index in [0.29, 0.717) is 17.4 Å². The number of H-pyrrole nitrogens is 1. The number of aromatic nitrogens is 3. The van der Waals surface area contributed by atoms with Gasteiger partial charge in [0.05, 0.1) is 20.6 Å². The fourth-order valence-corrected chi connectivity index (χ4v) is 3.09. The number of fused-ring (bicyclic) bond motifs is 1. The molecular weight excluding hydrogens is 362 g/mol. The van der Waals surface area contributed by atoms with Gasteiger partial charge in [-0.3, -0.25) is 20.0 Å². The predicted molar refractivity (Wildman–Crippen MR) is 101 cm³/mol. The average Bonchev–Trinajstić information content (AvgIpc) is 3.46. The third-order valence-corrected chi connectivity index (χ3v) is 4.77. The number of ether oxygens (including phenoxy) is 2. The van der Waals surface area contributed by atoms with Crippen molar-refractivity contribution in [1.82, 2.24) is 20.1 Å². The second-order valence-corrected chi connectivity index (χ2v) is 6.79. The molecule has 0 spiro atoms. The van der Waals surface area contributed by atoms with Crippen LogP contribution in [0.4, 0.5) is 5.95 Å². The molecule has 0 radical (unpaired) electrons. The first-order valence-electron chi connectivity index (χ1n) is 9.02. The molecule has 1 aliphatic carbocycles. The van der Waals surface area contributed by atoms with Crippen molar-refractivity contribution < 1.29 is 19.1 Å². The standard InChI is InChI=1S/C19H21N5O4/c1-27-14-7-12-5-6-24(17(26)9-13(12)8-15(14)28-2)10-16(25)20-19-21-18(22-23-19)11-3-4-11/h5-8,11H,3-4,9-10H2,1-2H3,(H2,20,21,22,23,25). The molecule has 146 valence electrons. The highest BCUT2D eigenvalue weighted by atomic mass is 16.5. The minimum Gasteiger partial charge on any atom is -0.493 e. The zero-order valence-corrected chi connectivity index (χ0v) is 15.7. The van der Waals surface area contributed by atoms with Crippen molar-refractivity contribution in [3.8, 4) is 11.5 Å². The fraction of sp³-hybridized carbons (Fsp3) is 0.368. The molecule has 1 saturated carbocycles. The summed E-state index contributed by atoms with van der Waals surface area (Å²) in [5, 5.41) is 9.47. The topological polar surface area (TPSA) is 109 Å². The quantitative estimate of drug-likeness (QED) is 0.786. The maximum atomic E-state index is 12.6. The number of hydrogen-bond acceptors (Lipinski definition) is 6. The molecule has 2 aliphatic rings. The first-order valence-corrected chi connectivity index (χ1v) is 9.02. The summed E-state index contributed by atoms with van der Waals surface area (Å²) in [4.78, 5) is 30.6. The van der Waals surface area contributed by atoms with Crippen LogP contribution in [-0.4, -0.2) is 52.7 Å². The van der Waals surface area contributed by atoms with Gasteiger partial charge in [-0.1, -0.05) is 0 Å². The third kappa shape index (κ3) is 3.68. The molecule has 0 saturated heterocycles. The molecule has 28 heavy (non-hydrogen) atoms. The Balaban J connectivity index is 1.44. The number of anilines is 1. The summed E-state index contributed by atoms with van der Waals surface area (Å²) in [5.74, 6) is 2.04. The minimum absolute atomic E-state index is 0.120. The monoisotopic (exact) mass is 383 g/mol. The Morgan fingerprint density at radius 2 is 2.04 bits per heavy atom. The second-order valence-electron chi connectivity index (χ2n) is 6.79.